The minimum Gasteiger partial charge on any atom is -0.342 e. The summed E-state index contributed by atoms with van der Waals surface area (Å²) in [6.45, 7) is 2.51. The average Bonchev–Trinajstić information content (AvgIpc) is 2.55. The number of rotatable bonds is 3. The molecule has 0 unspecified atom stereocenters. The first-order valence-electron chi connectivity index (χ1n) is 7.54. The van der Waals surface area contributed by atoms with Crippen LogP contribution in [0, 0.1) is 11.7 Å². The Kier molecular flexibility index (Phi) is 5.67. The quantitative estimate of drug-likeness (QED) is 0.807. The van der Waals surface area contributed by atoms with Gasteiger partial charge in [-0.05, 0) is 30.5 Å². The van der Waals surface area contributed by atoms with E-state index in [0.29, 0.717) is 25.1 Å². The number of nitrogens with zero attached hydrogens (tertiary/aromatic N) is 1. The lowest BCUT2D eigenvalue weighted by Gasteiger charge is -2.31. The molecule has 3 amide bonds. The molecule has 1 atom stereocenters. The van der Waals surface area contributed by atoms with Gasteiger partial charge in [-0.15, -0.1) is 0 Å². The van der Waals surface area contributed by atoms with Gasteiger partial charge in [0.15, 0.2) is 0 Å². The van der Waals surface area contributed by atoms with Crippen molar-refractivity contribution in [2.24, 2.45) is 5.92 Å². The highest BCUT2D eigenvalue weighted by Crippen LogP contribution is 2.16. The predicted octanol–water partition coefficient (Wildman–Crippen LogP) is 0.774. The zero-order valence-electron chi connectivity index (χ0n) is 13.0. The summed E-state index contributed by atoms with van der Waals surface area (Å²) in [7, 11) is 0. The second kappa shape index (κ2) is 7.71. The van der Waals surface area contributed by atoms with Crippen LogP contribution < -0.4 is 10.9 Å². The fourth-order valence-electron chi connectivity index (χ4n) is 2.54. The molecule has 6 nitrogen and oxygen atoms in total. The van der Waals surface area contributed by atoms with Crippen LogP contribution in [0.1, 0.15) is 25.3 Å². The molecule has 0 aromatic heterocycles. The molecule has 0 aliphatic carbocycles. The molecule has 1 aromatic rings. The highest BCUT2D eigenvalue weighted by molar-refractivity contribution is 5.85. The van der Waals surface area contributed by atoms with Gasteiger partial charge in [0.05, 0.1) is 12.3 Å². The number of nitrogens with one attached hydrogen (secondary N) is 2. The molecule has 124 valence electrons. The lowest BCUT2D eigenvalue weighted by atomic mass is 9.97. The van der Waals surface area contributed by atoms with E-state index in [2.05, 4.69) is 10.9 Å². The summed E-state index contributed by atoms with van der Waals surface area (Å²) in [6, 6.07) is 5.59. The Bertz CT molecular complexity index is 589. The smallest absolute Gasteiger partial charge is 0.243 e. The number of hydrogen-bond acceptors (Lipinski definition) is 3. The maximum absolute atomic E-state index is 12.8. The van der Waals surface area contributed by atoms with Crippen LogP contribution in [0.4, 0.5) is 4.39 Å². The molecular weight excluding hydrogens is 301 g/mol. The first-order valence-corrected chi connectivity index (χ1v) is 7.54. The zero-order valence-corrected chi connectivity index (χ0v) is 13.0. The number of carbonyl (C=O) groups excluding carboxylic acids is 3. The number of halogens is 1. The van der Waals surface area contributed by atoms with E-state index in [1.54, 1.807) is 4.90 Å². The molecule has 0 bridgehead atoms. The second-order valence-electron chi connectivity index (χ2n) is 5.64. The number of hydrogen-bond donors (Lipinski definition) is 2. The van der Waals surface area contributed by atoms with E-state index in [0.717, 1.165) is 6.42 Å². The van der Waals surface area contributed by atoms with Crippen molar-refractivity contribution in [3.63, 3.8) is 0 Å². The number of piperidine rings is 1. The van der Waals surface area contributed by atoms with Crippen LogP contribution in [0.25, 0.3) is 0 Å². The lowest BCUT2D eigenvalue weighted by Crippen LogP contribution is -2.50. The van der Waals surface area contributed by atoms with E-state index in [4.69, 9.17) is 0 Å². The molecule has 23 heavy (non-hydrogen) atoms. The summed E-state index contributed by atoms with van der Waals surface area (Å²) >= 11 is 0. The van der Waals surface area contributed by atoms with Crippen LogP contribution in [0.2, 0.25) is 0 Å². The Morgan fingerprint density at radius 1 is 1.22 bits per heavy atom. The van der Waals surface area contributed by atoms with Crippen LogP contribution in [-0.4, -0.2) is 35.7 Å². The first-order chi connectivity index (χ1) is 11.0. The second-order valence-corrected chi connectivity index (χ2v) is 5.64. The number of benzene rings is 1. The molecule has 1 aliphatic heterocycles. The number of hydrazine groups is 1. The Labute approximate surface area is 134 Å². The van der Waals surface area contributed by atoms with Crippen molar-refractivity contribution in [3.8, 4) is 0 Å². The molecule has 2 N–H and O–H groups in total. The third kappa shape index (κ3) is 5.05. The van der Waals surface area contributed by atoms with Crippen molar-refractivity contribution in [3.05, 3.63) is 35.6 Å². The first kappa shape index (κ1) is 16.9. The van der Waals surface area contributed by atoms with Gasteiger partial charge in [-0.25, -0.2) is 4.39 Å². The standard InChI is InChI=1S/C16H20FN3O3/c1-11(21)20-8-2-3-13(10-20)16(23)19-18-15(22)9-12-4-6-14(17)7-5-12/h4-7,13H,2-3,8-10H2,1H3,(H,18,22)(H,19,23)/t13-/m0/s1. The SMILES string of the molecule is CC(=O)N1CCC[C@H](C(=O)NNC(=O)Cc2ccc(F)cc2)C1. The van der Waals surface area contributed by atoms with Crippen molar-refractivity contribution in [1.82, 2.24) is 15.8 Å². The van der Waals surface area contributed by atoms with Gasteiger partial charge in [-0.2, -0.15) is 0 Å². The summed E-state index contributed by atoms with van der Waals surface area (Å²) in [5, 5.41) is 0. The minimum atomic E-state index is -0.385. The van der Waals surface area contributed by atoms with Crippen molar-refractivity contribution >= 4 is 17.7 Å². The zero-order chi connectivity index (χ0) is 16.8. The van der Waals surface area contributed by atoms with Crippen molar-refractivity contribution in [2.75, 3.05) is 13.1 Å². The monoisotopic (exact) mass is 321 g/mol. The van der Waals surface area contributed by atoms with Gasteiger partial charge in [0, 0.05) is 20.0 Å². The number of carbonyl (C=O) groups is 3. The largest absolute Gasteiger partial charge is 0.342 e. The summed E-state index contributed by atoms with van der Waals surface area (Å²) in [6.07, 6.45) is 1.50. The average molecular weight is 321 g/mol. The van der Waals surface area contributed by atoms with Gasteiger partial charge < -0.3 is 4.90 Å². The Morgan fingerprint density at radius 3 is 2.57 bits per heavy atom. The Morgan fingerprint density at radius 2 is 1.91 bits per heavy atom. The minimum absolute atomic E-state index is 0.0464. The molecule has 1 aromatic carbocycles. The number of amides is 3. The highest BCUT2D eigenvalue weighted by Gasteiger charge is 2.27. The summed E-state index contributed by atoms with van der Waals surface area (Å²) in [5.41, 5.74) is 5.40. The summed E-state index contributed by atoms with van der Waals surface area (Å²) in [5.74, 6) is -1.43. The molecule has 1 fully saturated rings. The van der Waals surface area contributed by atoms with E-state index in [1.807, 2.05) is 0 Å². The summed E-state index contributed by atoms with van der Waals surface area (Å²) in [4.78, 5) is 36.8. The molecule has 0 spiro atoms. The van der Waals surface area contributed by atoms with E-state index in [1.165, 1.54) is 31.2 Å². The van der Waals surface area contributed by atoms with Crippen LogP contribution in [-0.2, 0) is 20.8 Å². The van der Waals surface area contributed by atoms with Crippen LogP contribution >= 0.6 is 0 Å². The van der Waals surface area contributed by atoms with Gasteiger partial charge in [-0.3, -0.25) is 25.2 Å². The molecule has 1 heterocycles. The molecule has 0 saturated carbocycles. The van der Waals surface area contributed by atoms with Gasteiger partial charge in [0.25, 0.3) is 0 Å². The van der Waals surface area contributed by atoms with Gasteiger partial charge >= 0.3 is 0 Å². The van der Waals surface area contributed by atoms with Gasteiger partial charge in [0.2, 0.25) is 17.7 Å². The topological polar surface area (TPSA) is 78.5 Å². The van der Waals surface area contributed by atoms with Gasteiger partial charge in [0.1, 0.15) is 5.82 Å². The maximum Gasteiger partial charge on any atom is 0.243 e. The maximum atomic E-state index is 12.8. The molecule has 1 saturated heterocycles. The fraction of sp³-hybridized carbons (Fsp3) is 0.438. The van der Waals surface area contributed by atoms with Crippen molar-refractivity contribution in [2.45, 2.75) is 26.2 Å². The lowest BCUT2D eigenvalue weighted by molar-refractivity contribution is -0.136. The van der Waals surface area contributed by atoms with E-state index in [-0.39, 0.29) is 35.9 Å². The molecule has 2 rings (SSSR count). The van der Waals surface area contributed by atoms with Gasteiger partial charge in [-0.1, -0.05) is 12.1 Å². The third-order valence-electron chi connectivity index (χ3n) is 3.84. The van der Waals surface area contributed by atoms with Crippen molar-refractivity contribution in [1.29, 1.82) is 0 Å². The van der Waals surface area contributed by atoms with Crippen LogP contribution in [0.3, 0.4) is 0 Å². The van der Waals surface area contributed by atoms with E-state index in [9.17, 15) is 18.8 Å². The van der Waals surface area contributed by atoms with Crippen LogP contribution in [0.5, 0.6) is 0 Å². The van der Waals surface area contributed by atoms with Crippen molar-refractivity contribution < 1.29 is 18.8 Å². The molecule has 7 heteroatoms. The fourth-order valence-corrected chi connectivity index (χ4v) is 2.54. The highest BCUT2D eigenvalue weighted by atomic mass is 19.1. The summed E-state index contributed by atoms with van der Waals surface area (Å²) < 4.78 is 12.8. The normalized spacial score (nSPS) is 17.5. The van der Waals surface area contributed by atoms with E-state index >= 15 is 0 Å². The molecule has 1 aliphatic rings. The van der Waals surface area contributed by atoms with E-state index < -0.39 is 0 Å². The Balaban J connectivity index is 1.78. The predicted molar refractivity (Wildman–Crippen MR) is 81.4 cm³/mol. The number of likely N-dealkylation sites (tertiary alicyclic amines) is 1. The Hall–Kier alpha value is -2.44. The third-order valence-corrected chi connectivity index (χ3v) is 3.84. The molecule has 0 radical (unpaired) electrons. The molecular formula is C16H20FN3O3. The van der Waals surface area contributed by atoms with Crippen LogP contribution in [0.15, 0.2) is 24.3 Å².